The van der Waals surface area contributed by atoms with Gasteiger partial charge in [0.05, 0.1) is 6.04 Å². The lowest BCUT2D eigenvalue weighted by atomic mass is 10.1. The third kappa shape index (κ3) is 3.60. The SMILES string of the molecule is Cc1cc(Cl)ccc1NC(=O)[C@@H]1CCCN1.Cl. The van der Waals surface area contributed by atoms with Gasteiger partial charge in [-0.15, -0.1) is 12.4 Å². The van der Waals surface area contributed by atoms with E-state index in [2.05, 4.69) is 10.6 Å². The van der Waals surface area contributed by atoms with Gasteiger partial charge in [0.1, 0.15) is 0 Å². The average molecular weight is 275 g/mol. The Labute approximate surface area is 112 Å². The van der Waals surface area contributed by atoms with Gasteiger partial charge in [0.15, 0.2) is 0 Å². The van der Waals surface area contributed by atoms with Crippen molar-refractivity contribution in [3.05, 3.63) is 28.8 Å². The standard InChI is InChI=1S/C12H15ClN2O.ClH/c1-8-7-9(13)4-5-10(8)15-12(16)11-3-2-6-14-11;/h4-5,7,11,14H,2-3,6H2,1H3,(H,15,16);1H/t11-;/m0./s1. The van der Waals surface area contributed by atoms with E-state index in [-0.39, 0.29) is 24.4 Å². The first-order valence-corrected chi connectivity index (χ1v) is 5.85. The van der Waals surface area contributed by atoms with E-state index in [4.69, 9.17) is 11.6 Å². The molecule has 1 aromatic rings. The van der Waals surface area contributed by atoms with Crippen molar-refractivity contribution in [3.8, 4) is 0 Å². The number of nitrogens with one attached hydrogen (secondary N) is 2. The number of carbonyl (C=O) groups is 1. The van der Waals surface area contributed by atoms with Crippen LogP contribution in [0.25, 0.3) is 0 Å². The van der Waals surface area contributed by atoms with Crippen LogP contribution < -0.4 is 10.6 Å². The normalized spacial score (nSPS) is 18.6. The van der Waals surface area contributed by atoms with Gasteiger partial charge in [-0.05, 0) is 50.1 Å². The van der Waals surface area contributed by atoms with E-state index in [1.807, 2.05) is 19.1 Å². The van der Waals surface area contributed by atoms with Gasteiger partial charge in [-0.2, -0.15) is 0 Å². The number of hydrogen-bond acceptors (Lipinski definition) is 2. The van der Waals surface area contributed by atoms with E-state index in [0.717, 1.165) is 30.6 Å². The molecular formula is C12H16Cl2N2O. The smallest absolute Gasteiger partial charge is 0.241 e. The minimum absolute atomic E-state index is 0. The van der Waals surface area contributed by atoms with Crippen LogP contribution in [-0.2, 0) is 4.79 Å². The van der Waals surface area contributed by atoms with Crippen LogP contribution in [0.3, 0.4) is 0 Å². The highest BCUT2D eigenvalue weighted by molar-refractivity contribution is 6.30. The predicted octanol–water partition coefficient (Wildman–Crippen LogP) is 2.76. The van der Waals surface area contributed by atoms with Crippen LogP contribution in [-0.4, -0.2) is 18.5 Å². The molecule has 1 saturated heterocycles. The molecular weight excluding hydrogens is 259 g/mol. The molecule has 0 aromatic heterocycles. The van der Waals surface area contributed by atoms with Crippen molar-refractivity contribution in [2.75, 3.05) is 11.9 Å². The van der Waals surface area contributed by atoms with Gasteiger partial charge in [-0.3, -0.25) is 4.79 Å². The number of amides is 1. The lowest BCUT2D eigenvalue weighted by Crippen LogP contribution is -2.35. The second kappa shape index (κ2) is 6.24. The van der Waals surface area contributed by atoms with Gasteiger partial charge >= 0.3 is 0 Å². The number of benzene rings is 1. The first kappa shape index (κ1) is 14.3. The number of aryl methyl sites for hydroxylation is 1. The molecule has 0 bridgehead atoms. The molecule has 1 fully saturated rings. The average Bonchev–Trinajstić information content (AvgIpc) is 2.75. The van der Waals surface area contributed by atoms with E-state index >= 15 is 0 Å². The lowest BCUT2D eigenvalue weighted by Gasteiger charge is -2.12. The third-order valence-corrected chi connectivity index (χ3v) is 3.06. The molecule has 5 heteroatoms. The summed E-state index contributed by atoms with van der Waals surface area (Å²) in [5, 5.41) is 6.78. The van der Waals surface area contributed by atoms with Gasteiger partial charge in [-0.1, -0.05) is 11.6 Å². The maximum absolute atomic E-state index is 11.8. The summed E-state index contributed by atoms with van der Waals surface area (Å²) in [6.07, 6.45) is 1.98. The zero-order chi connectivity index (χ0) is 11.5. The molecule has 1 aliphatic heterocycles. The zero-order valence-corrected chi connectivity index (χ0v) is 11.2. The molecule has 2 rings (SSSR count). The van der Waals surface area contributed by atoms with Crippen LogP contribution in [0.15, 0.2) is 18.2 Å². The summed E-state index contributed by atoms with van der Waals surface area (Å²) in [4.78, 5) is 11.8. The van der Waals surface area contributed by atoms with Crippen LogP contribution in [0.5, 0.6) is 0 Å². The van der Waals surface area contributed by atoms with Crippen LogP contribution >= 0.6 is 24.0 Å². The molecule has 0 spiro atoms. The maximum atomic E-state index is 11.8. The van der Waals surface area contributed by atoms with Crippen molar-refractivity contribution in [2.45, 2.75) is 25.8 Å². The van der Waals surface area contributed by atoms with E-state index in [9.17, 15) is 4.79 Å². The van der Waals surface area contributed by atoms with Crippen LogP contribution in [0, 0.1) is 6.92 Å². The highest BCUT2D eigenvalue weighted by Gasteiger charge is 2.22. The molecule has 1 aliphatic rings. The molecule has 1 aromatic carbocycles. The summed E-state index contributed by atoms with van der Waals surface area (Å²) in [6.45, 7) is 2.86. The Morgan fingerprint density at radius 1 is 1.53 bits per heavy atom. The number of anilines is 1. The summed E-state index contributed by atoms with van der Waals surface area (Å²) in [6, 6.07) is 5.42. The molecule has 0 saturated carbocycles. The van der Waals surface area contributed by atoms with Crippen molar-refractivity contribution in [3.63, 3.8) is 0 Å². The minimum atomic E-state index is -0.0462. The number of hydrogen-bond donors (Lipinski definition) is 2. The molecule has 1 atom stereocenters. The fourth-order valence-electron chi connectivity index (χ4n) is 1.90. The fourth-order valence-corrected chi connectivity index (χ4v) is 2.12. The second-order valence-electron chi connectivity index (χ2n) is 4.10. The molecule has 0 aliphatic carbocycles. The van der Waals surface area contributed by atoms with Gasteiger partial charge in [0.25, 0.3) is 0 Å². The first-order valence-electron chi connectivity index (χ1n) is 5.47. The van der Waals surface area contributed by atoms with Crippen molar-refractivity contribution < 1.29 is 4.79 Å². The Balaban J connectivity index is 0.00000144. The first-order chi connectivity index (χ1) is 7.66. The lowest BCUT2D eigenvalue weighted by molar-refractivity contribution is -0.117. The van der Waals surface area contributed by atoms with Crippen molar-refractivity contribution >= 4 is 35.6 Å². The summed E-state index contributed by atoms with van der Waals surface area (Å²) in [7, 11) is 0. The Morgan fingerprint density at radius 2 is 2.29 bits per heavy atom. The van der Waals surface area contributed by atoms with Crippen molar-refractivity contribution in [2.24, 2.45) is 0 Å². The minimum Gasteiger partial charge on any atom is -0.324 e. The van der Waals surface area contributed by atoms with Gasteiger partial charge in [0.2, 0.25) is 5.91 Å². The molecule has 1 heterocycles. The molecule has 17 heavy (non-hydrogen) atoms. The molecule has 2 N–H and O–H groups in total. The van der Waals surface area contributed by atoms with Crippen LogP contribution in [0.4, 0.5) is 5.69 Å². The molecule has 0 radical (unpaired) electrons. The van der Waals surface area contributed by atoms with Crippen molar-refractivity contribution in [1.29, 1.82) is 0 Å². The highest BCUT2D eigenvalue weighted by Crippen LogP contribution is 2.20. The Kier molecular flexibility index (Phi) is 5.25. The number of carbonyl (C=O) groups excluding carboxylic acids is 1. The monoisotopic (exact) mass is 274 g/mol. The number of halogens is 2. The topological polar surface area (TPSA) is 41.1 Å². The molecule has 94 valence electrons. The summed E-state index contributed by atoms with van der Waals surface area (Å²) in [5.74, 6) is 0.0444. The molecule has 1 amide bonds. The van der Waals surface area contributed by atoms with Crippen LogP contribution in [0.1, 0.15) is 18.4 Å². The zero-order valence-electron chi connectivity index (χ0n) is 9.63. The summed E-state index contributed by atoms with van der Waals surface area (Å²) < 4.78 is 0. The van der Waals surface area contributed by atoms with E-state index in [1.165, 1.54) is 0 Å². The predicted molar refractivity (Wildman–Crippen MR) is 73.1 cm³/mol. The van der Waals surface area contributed by atoms with E-state index < -0.39 is 0 Å². The highest BCUT2D eigenvalue weighted by atomic mass is 35.5. The van der Waals surface area contributed by atoms with Crippen LogP contribution in [0.2, 0.25) is 5.02 Å². The quantitative estimate of drug-likeness (QED) is 0.871. The molecule has 3 nitrogen and oxygen atoms in total. The second-order valence-corrected chi connectivity index (χ2v) is 4.53. The largest absolute Gasteiger partial charge is 0.324 e. The summed E-state index contributed by atoms with van der Waals surface area (Å²) in [5.41, 5.74) is 1.82. The Hall–Kier alpha value is -0.770. The van der Waals surface area contributed by atoms with Gasteiger partial charge in [0, 0.05) is 10.7 Å². The molecule has 0 unspecified atom stereocenters. The summed E-state index contributed by atoms with van der Waals surface area (Å²) >= 11 is 5.86. The van der Waals surface area contributed by atoms with Crippen molar-refractivity contribution in [1.82, 2.24) is 5.32 Å². The Morgan fingerprint density at radius 3 is 2.88 bits per heavy atom. The van der Waals surface area contributed by atoms with E-state index in [1.54, 1.807) is 6.07 Å². The van der Waals surface area contributed by atoms with Gasteiger partial charge < -0.3 is 10.6 Å². The maximum Gasteiger partial charge on any atom is 0.241 e. The van der Waals surface area contributed by atoms with Gasteiger partial charge in [-0.25, -0.2) is 0 Å². The number of rotatable bonds is 2. The third-order valence-electron chi connectivity index (χ3n) is 2.82. The fraction of sp³-hybridized carbons (Fsp3) is 0.417. The van der Waals surface area contributed by atoms with E-state index in [0.29, 0.717) is 5.02 Å². The Bertz CT molecular complexity index is 403.